The van der Waals surface area contributed by atoms with E-state index in [2.05, 4.69) is 26.0 Å². The van der Waals surface area contributed by atoms with E-state index in [1.807, 2.05) is 13.8 Å². The Balaban J connectivity index is 0. The summed E-state index contributed by atoms with van der Waals surface area (Å²) in [6.45, 7) is 8.32. The van der Waals surface area contributed by atoms with Gasteiger partial charge in [-0.1, -0.05) is 31.0 Å². The van der Waals surface area contributed by atoms with Crippen LogP contribution in [0.5, 0.6) is 0 Å². The maximum absolute atomic E-state index is 12.1. The van der Waals surface area contributed by atoms with Crippen molar-refractivity contribution in [3.8, 4) is 0 Å². The maximum atomic E-state index is 12.1. The number of aryl methyl sites for hydroxylation is 3. The summed E-state index contributed by atoms with van der Waals surface area (Å²) in [5.41, 5.74) is 4.80. The van der Waals surface area contributed by atoms with Crippen molar-refractivity contribution in [3.05, 3.63) is 34.4 Å². The molecule has 0 aliphatic rings. The molecule has 0 amide bonds. The zero-order valence-corrected chi connectivity index (χ0v) is 12.7. The minimum atomic E-state index is 0. The van der Waals surface area contributed by atoms with Crippen molar-refractivity contribution >= 4 is 14.1 Å². The first kappa shape index (κ1) is 16.9. The van der Waals surface area contributed by atoms with Crippen LogP contribution in [-0.2, 0) is 0 Å². The zero-order chi connectivity index (χ0) is 12.1. The summed E-state index contributed by atoms with van der Waals surface area (Å²) in [7, 11) is 0.441. The number of carbonyl (C=O) groups excluding carboxylic acids is 1. The molecule has 0 N–H and O–H groups in total. The fraction of sp³-hybridized carbons (Fsp3) is 0.500. The summed E-state index contributed by atoms with van der Waals surface area (Å²) in [5, 5.41) is 0. The summed E-state index contributed by atoms with van der Waals surface area (Å²) in [5.74, 6) is 0. The van der Waals surface area contributed by atoms with Crippen LogP contribution in [0, 0.1) is 20.8 Å². The Morgan fingerprint density at radius 3 is 2.24 bits per heavy atom. The second kappa shape index (κ2) is 8.10. The van der Waals surface area contributed by atoms with Gasteiger partial charge < -0.3 is 1.43 Å². The van der Waals surface area contributed by atoms with Crippen molar-refractivity contribution in [1.82, 2.24) is 0 Å². The van der Waals surface area contributed by atoms with Crippen molar-refractivity contribution in [2.75, 3.05) is 6.16 Å². The van der Waals surface area contributed by atoms with Gasteiger partial charge in [-0.3, -0.25) is 4.79 Å². The summed E-state index contributed by atoms with van der Waals surface area (Å²) >= 11 is 0. The van der Waals surface area contributed by atoms with Crippen molar-refractivity contribution < 1.29 is 25.1 Å². The fourth-order valence-electron chi connectivity index (χ4n) is 2.01. The molecule has 0 aromatic heterocycles. The van der Waals surface area contributed by atoms with Crippen LogP contribution < -0.4 is 18.9 Å². The van der Waals surface area contributed by atoms with E-state index in [9.17, 15) is 4.79 Å². The average molecular weight is 244 g/mol. The van der Waals surface area contributed by atoms with Crippen LogP contribution in [0.1, 0.15) is 48.2 Å². The Morgan fingerprint density at radius 2 is 1.76 bits per heavy atom. The molecule has 17 heavy (non-hydrogen) atoms. The van der Waals surface area contributed by atoms with Crippen LogP contribution in [0.15, 0.2) is 12.1 Å². The van der Waals surface area contributed by atoms with Gasteiger partial charge in [-0.2, -0.15) is 0 Å². The quantitative estimate of drug-likeness (QED) is 0.434. The van der Waals surface area contributed by atoms with Gasteiger partial charge in [0.15, 0.2) is 5.52 Å². The number of benzene rings is 1. The van der Waals surface area contributed by atoms with Crippen molar-refractivity contribution in [3.63, 3.8) is 0 Å². The van der Waals surface area contributed by atoms with Gasteiger partial charge in [-0.05, 0) is 53.1 Å². The Labute approximate surface area is 120 Å². The summed E-state index contributed by atoms with van der Waals surface area (Å²) in [6, 6.07) is 4.20. The number of unbranched alkanes of at least 4 members (excludes halogenated alkanes) is 1. The molecular formula is C14H22LiOP. The van der Waals surface area contributed by atoms with Gasteiger partial charge in [0.05, 0.1) is 0 Å². The molecule has 0 fully saturated rings. The van der Waals surface area contributed by atoms with Gasteiger partial charge in [0, 0.05) is 5.56 Å². The molecule has 1 unspecified atom stereocenters. The van der Waals surface area contributed by atoms with Crippen molar-refractivity contribution in [1.29, 1.82) is 0 Å². The number of hydrogen-bond acceptors (Lipinski definition) is 1. The largest absolute Gasteiger partial charge is 1.00 e. The van der Waals surface area contributed by atoms with E-state index in [0.717, 1.165) is 29.3 Å². The van der Waals surface area contributed by atoms with Crippen LogP contribution >= 0.6 is 8.58 Å². The van der Waals surface area contributed by atoms with E-state index in [0.29, 0.717) is 14.1 Å². The van der Waals surface area contributed by atoms with Crippen LogP contribution in [0.3, 0.4) is 0 Å². The average Bonchev–Trinajstić information content (AvgIpc) is 2.16. The predicted octanol–water partition coefficient (Wildman–Crippen LogP) is 1.35. The molecule has 3 heteroatoms. The molecule has 1 atom stereocenters. The maximum Gasteiger partial charge on any atom is 1.00 e. The minimum absolute atomic E-state index is 0. The number of carbonyl (C=O) groups is 1. The molecule has 0 aliphatic carbocycles. The first-order valence-corrected chi connectivity index (χ1v) is 7.13. The van der Waals surface area contributed by atoms with Gasteiger partial charge >= 0.3 is 18.9 Å². The molecule has 0 spiro atoms. The van der Waals surface area contributed by atoms with Crippen LogP contribution in [-0.4, -0.2) is 11.7 Å². The van der Waals surface area contributed by atoms with E-state index in [1.54, 1.807) is 0 Å². The third-order valence-electron chi connectivity index (χ3n) is 2.72. The Morgan fingerprint density at radius 1 is 1.24 bits per heavy atom. The second-order valence-electron chi connectivity index (χ2n) is 4.38. The first-order valence-electron chi connectivity index (χ1n) is 5.92. The van der Waals surface area contributed by atoms with E-state index in [4.69, 9.17) is 0 Å². The Kier molecular flexibility index (Phi) is 8.06. The monoisotopic (exact) mass is 244 g/mol. The number of hydrogen-bond donors (Lipinski definition) is 0. The third-order valence-corrected chi connectivity index (χ3v) is 3.89. The molecule has 0 aliphatic heterocycles. The normalized spacial score (nSPS) is 10.6. The van der Waals surface area contributed by atoms with Crippen LogP contribution in [0.2, 0.25) is 0 Å². The van der Waals surface area contributed by atoms with Crippen molar-refractivity contribution in [2.24, 2.45) is 0 Å². The molecule has 1 aromatic carbocycles. The van der Waals surface area contributed by atoms with Gasteiger partial charge in [-0.25, -0.2) is 0 Å². The molecule has 1 aromatic rings. The minimum Gasteiger partial charge on any atom is -1.00 e. The molecule has 0 radical (unpaired) electrons. The summed E-state index contributed by atoms with van der Waals surface area (Å²) in [4.78, 5) is 12.1. The van der Waals surface area contributed by atoms with Crippen molar-refractivity contribution in [2.45, 2.75) is 40.5 Å². The van der Waals surface area contributed by atoms with E-state index >= 15 is 0 Å². The van der Waals surface area contributed by atoms with Gasteiger partial charge in [0.2, 0.25) is 0 Å². The van der Waals surface area contributed by atoms with Gasteiger partial charge in [0.25, 0.3) is 0 Å². The predicted molar refractivity (Wildman–Crippen MR) is 74.2 cm³/mol. The third kappa shape index (κ3) is 4.97. The topological polar surface area (TPSA) is 17.1 Å². The Bertz CT molecular complexity index is 370. The van der Waals surface area contributed by atoms with E-state index in [-0.39, 0.29) is 20.3 Å². The SMILES string of the molecule is CCCCPC(=O)c1c(C)cc(C)cc1C.[H-].[Li+]. The molecule has 1 rings (SSSR count). The molecule has 0 saturated carbocycles. The zero-order valence-electron chi connectivity index (χ0n) is 12.7. The molecule has 0 saturated heterocycles. The van der Waals surface area contributed by atoms with Crippen LogP contribution in [0.25, 0.3) is 0 Å². The standard InChI is InChI=1S/C14H21OP.Li.H/c1-5-6-7-16-14(15)13-11(3)8-10(2)9-12(13)4;;/h8-9,16H,5-7H2,1-4H3;;/q;+1;-1. The number of rotatable bonds is 5. The first-order chi connectivity index (χ1) is 7.56. The fourth-order valence-corrected chi connectivity index (χ4v) is 3.33. The smallest absolute Gasteiger partial charge is 1.00 e. The molecule has 90 valence electrons. The summed E-state index contributed by atoms with van der Waals surface area (Å²) < 4.78 is 0. The molecule has 0 bridgehead atoms. The van der Waals surface area contributed by atoms with E-state index < -0.39 is 0 Å². The molecular weight excluding hydrogens is 222 g/mol. The van der Waals surface area contributed by atoms with Gasteiger partial charge in [0.1, 0.15) is 0 Å². The van der Waals surface area contributed by atoms with Gasteiger partial charge in [-0.15, -0.1) is 0 Å². The molecule has 0 heterocycles. The summed E-state index contributed by atoms with van der Waals surface area (Å²) in [6.07, 6.45) is 3.38. The van der Waals surface area contributed by atoms with Crippen LogP contribution in [0.4, 0.5) is 0 Å². The Hall–Kier alpha value is -0.0826. The van der Waals surface area contributed by atoms with E-state index in [1.165, 1.54) is 12.0 Å². The second-order valence-corrected chi connectivity index (χ2v) is 5.69. The molecule has 1 nitrogen and oxygen atoms in total.